The van der Waals surface area contributed by atoms with Crippen molar-refractivity contribution in [1.29, 1.82) is 0 Å². The van der Waals surface area contributed by atoms with Crippen molar-refractivity contribution in [2.75, 3.05) is 6.54 Å². The maximum absolute atomic E-state index is 4.08. The first-order valence-corrected chi connectivity index (χ1v) is 6.47. The first-order valence-electron chi connectivity index (χ1n) is 6.47. The van der Waals surface area contributed by atoms with Crippen LogP contribution in [-0.2, 0) is 6.54 Å². The van der Waals surface area contributed by atoms with Gasteiger partial charge in [-0.2, -0.15) is 0 Å². The fourth-order valence-corrected chi connectivity index (χ4v) is 2.55. The van der Waals surface area contributed by atoms with Gasteiger partial charge in [0.2, 0.25) is 0 Å². The van der Waals surface area contributed by atoms with Crippen LogP contribution in [0, 0.1) is 5.92 Å². The van der Waals surface area contributed by atoms with E-state index in [9.17, 15) is 0 Å². The molecule has 0 saturated carbocycles. The largest absolute Gasteiger partial charge is 0.347 e. The van der Waals surface area contributed by atoms with Crippen molar-refractivity contribution in [3.05, 3.63) is 18.2 Å². The molecule has 1 aromatic rings. The molecule has 2 heterocycles. The van der Waals surface area contributed by atoms with Crippen molar-refractivity contribution >= 4 is 0 Å². The molecule has 0 amide bonds. The van der Waals surface area contributed by atoms with E-state index in [0.29, 0.717) is 0 Å². The number of aromatic nitrogens is 2. The Morgan fingerprint density at radius 3 is 3.12 bits per heavy atom. The van der Waals surface area contributed by atoms with Crippen molar-refractivity contribution in [2.24, 2.45) is 5.92 Å². The molecule has 3 heteroatoms. The second-order valence-corrected chi connectivity index (χ2v) is 5.31. The van der Waals surface area contributed by atoms with Gasteiger partial charge in [0, 0.05) is 24.5 Å². The van der Waals surface area contributed by atoms with Gasteiger partial charge in [0.1, 0.15) is 0 Å². The fourth-order valence-electron chi connectivity index (χ4n) is 2.55. The summed E-state index contributed by atoms with van der Waals surface area (Å²) < 4.78 is 0. The number of rotatable bonds is 5. The highest BCUT2D eigenvalue weighted by atomic mass is 15.2. The lowest BCUT2D eigenvalue weighted by atomic mass is 10.0. The number of imidazole rings is 1. The van der Waals surface area contributed by atoms with E-state index >= 15 is 0 Å². The molecular weight excluding hydrogens is 198 g/mol. The second-order valence-electron chi connectivity index (χ2n) is 5.31. The molecule has 1 atom stereocenters. The van der Waals surface area contributed by atoms with E-state index in [2.05, 4.69) is 28.7 Å². The van der Waals surface area contributed by atoms with Gasteiger partial charge in [0.05, 0.1) is 6.33 Å². The number of H-pyrrole nitrogens is 1. The van der Waals surface area contributed by atoms with Gasteiger partial charge in [-0.3, -0.25) is 4.90 Å². The molecular formula is C13H23N3. The molecule has 0 bridgehead atoms. The minimum absolute atomic E-state index is 0.797. The molecule has 2 rings (SSSR count). The van der Waals surface area contributed by atoms with E-state index < -0.39 is 0 Å². The summed E-state index contributed by atoms with van der Waals surface area (Å²) in [6.07, 6.45) is 9.15. The minimum atomic E-state index is 0.797. The quantitative estimate of drug-likeness (QED) is 0.829. The van der Waals surface area contributed by atoms with Gasteiger partial charge in [-0.15, -0.1) is 0 Å². The zero-order valence-corrected chi connectivity index (χ0v) is 10.4. The zero-order valence-electron chi connectivity index (χ0n) is 10.4. The molecule has 90 valence electrons. The van der Waals surface area contributed by atoms with Crippen LogP contribution in [0.1, 0.15) is 45.2 Å². The van der Waals surface area contributed by atoms with E-state index in [4.69, 9.17) is 0 Å². The number of aromatic amines is 1. The molecule has 0 aromatic carbocycles. The van der Waals surface area contributed by atoms with Crippen LogP contribution in [0.15, 0.2) is 12.5 Å². The van der Waals surface area contributed by atoms with Crippen molar-refractivity contribution in [3.63, 3.8) is 0 Å². The Bertz CT molecular complexity index is 292. The molecule has 1 aromatic heterocycles. The maximum Gasteiger partial charge on any atom is 0.0922 e. The first kappa shape index (κ1) is 11.6. The van der Waals surface area contributed by atoms with Gasteiger partial charge in [-0.1, -0.05) is 13.8 Å². The third kappa shape index (κ3) is 3.08. The summed E-state index contributed by atoms with van der Waals surface area (Å²) in [6.45, 7) is 6.92. The molecule has 1 fully saturated rings. The van der Waals surface area contributed by atoms with Crippen LogP contribution < -0.4 is 0 Å². The van der Waals surface area contributed by atoms with Gasteiger partial charge >= 0.3 is 0 Å². The molecule has 0 aliphatic carbocycles. The third-order valence-electron chi connectivity index (χ3n) is 3.50. The molecule has 1 aliphatic rings. The number of hydrogen-bond acceptors (Lipinski definition) is 2. The third-order valence-corrected chi connectivity index (χ3v) is 3.50. The highest BCUT2D eigenvalue weighted by Gasteiger charge is 2.24. The Hall–Kier alpha value is -0.830. The van der Waals surface area contributed by atoms with Crippen molar-refractivity contribution in [2.45, 2.75) is 52.1 Å². The number of hydrogen-bond donors (Lipinski definition) is 1. The van der Waals surface area contributed by atoms with E-state index in [-0.39, 0.29) is 0 Å². The van der Waals surface area contributed by atoms with Crippen LogP contribution >= 0.6 is 0 Å². The number of nitrogens with zero attached hydrogens (tertiary/aromatic N) is 2. The summed E-state index contributed by atoms with van der Waals surface area (Å²) in [7, 11) is 0. The van der Waals surface area contributed by atoms with Crippen LogP contribution in [0.5, 0.6) is 0 Å². The van der Waals surface area contributed by atoms with E-state index in [1.807, 2.05) is 6.20 Å². The van der Waals surface area contributed by atoms with Crippen molar-refractivity contribution < 1.29 is 0 Å². The number of nitrogens with one attached hydrogen (secondary N) is 1. The van der Waals surface area contributed by atoms with Crippen LogP contribution in [0.3, 0.4) is 0 Å². The molecule has 0 radical (unpaired) electrons. The standard InChI is InChI=1S/C13H23N3/c1-11(2)5-6-13-4-3-7-16(13)9-12-8-14-10-15-12/h8,10-11,13H,3-7,9H2,1-2H3,(H,14,15). The van der Waals surface area contributed by atoms with E-state index in [1.54, 1.807) is 6.33 Å². The average molecular weight is 221 g/mol. The van der Waals surface area contributed by atoms with Crippen LogP contribution in [0.4, 0.5) is 0 Å². The van der Waals surface area contributed by atoms with Crippen molar-refractivity contribution in [3.8, 4) is 0 Å². The highest BCUT2D eigenvalue weighted by molar-refractivity contribution is 4.96. The zero-order chi connectivity index (χ0) is 11.4. The SMILES string of the molecule is CC(C)CCC1CCCN1Cc1cnc[nH]1. The Balaban J connectivity index is 1.83. The van der Waals surface area contributed by atoms with Crippen LogP contribution in [0.2, 0.25) is 0 Å². The summed E-state index contributed by atoms with van der Waals surface area (Å²) in [4.78, 5) is 9.88. The predicted octanol–water partition coefficient (Wildman–Crippen LogP) is 2.81. The lowest BCUT2D eigenvalue weighted by Crippen LogP contribution is -2.29. The Labute approximate surface area is 98.3 Å². The van der Waals surface area contributed by atoms with E-state index in [1.165, 1.54) is 37.9 Å². The second kappa shape index (κ2) is 5.48. The van der Waals surface area contributed by atoms with Crippen LogP contribution in [-0.4, -0.2) is 27.5 Å². The van der Waals surface area contributed by atoms with Gasteiger partial charge in [0.15, 0.2) is 0 Å². The molecule has 3 nitrogen and oxygen atoms in total. The van der Waals surface area contributed by atoms with Crippen LogP contribution in [0.25, 0.3) is 0 Å². The maximum atomic E-state index is 4.08. The molecule has 1 aliphatic heterocycles. The van der Waals surface area contributed by atoms with E-state index in [0.717, 1.165) is 18.5 Å². The smallest absolute Gasteiger partial charge is 0.0922 e. The monoisotopic (exact) mass is 221 g/mol. The summed E-state index contributed by atoms with van der Waals surface area (Å²) in [5.74, 6) is 0.828. The van der Waals surface area contributed by atoms with Crippen molar-refractivity contribution in [1.82, 2.24) is 14.9 Å². The Morgan fingerprint density at radius 2 is 2.44 bits per heavy atom. The van der Waals surface area contributed by atoms with Gasteiger partial charge in [0.25, 0.3) is 0 Å². The van der Waals surface area contributed by atoms with Gasteiger partial charge in [-0.25, -0.2) is 4.98 Å². The predicted molar refractivity (Wildman–Crippen MR) is 66.1 cm³/mol. The fraction of sp³-hybridized carbons (Fsp3) is 0.769. The topological polar surface area (TPSA) is 31.9 Å². The Morgan fingerprint density at radius 1 is 1.56 bits per heavy atom. The van der Waals surface area contributed by atoms with Gasteiger partial charge < -0.3 is 4.98 Å². The highest BCUT2D eigenvalue weighted by Crippen LogP contribution is 2.24. The lowest BCUT2D eigenvalue weighted by Gasteiger charge is -2.24. The summed E-state index contributed by atoms with van der Waals surface area (Å²) in [5.41, 5.74) is 1.25. The average Bonchev–Trinajstić information content (AvgIpc) is 2.87. The molecule has 0 spiro atoms. The molecule has 1 N–H and O–H groups in total. The Kier molecular flexibility index (Phi) is 3.99. The normalized spacial score (nSPS) is 22.1. The lowest BCUT2D eigenvalue weighted by molar-refractivity contribution is 0.223. The summed E-state index contributed by atoms with van der Waals surface area (Å²) in [6, 6.07) is 0.797. The first-order chi connectivity index (χ1) is 7.75. The molecule has 1 unspecified atom stereocenters. The molecule has 1 saturated heterocycles. The number of likely N-dealkylation sites (tertiary alicyclic amines) is 1. The summed E-state index contributed by atoms with van der Waals surface area (Å²) >= 11 is 0. The minimum Gasteiger partial charge on any atom is -0.347 e. The van der Waals surface area contributed by atoms with Gasteiger partial charge in [-0.05, 0) is 38.1 Å². The summed E-state index contributed by atoms with van der Waals surface area (Å²) in [5, 5.41) is 0. The molecule has 16 heavy (non-hydrogen) atoms.